The third-order valence-electron chi connectivity index (χ3n) is 1.94. The van der Waals surface area contributed by atoms with Crippen molar-refractivity contribution in [1.82, 2.24) is 0 Å². The van der Waals surface area contributed by atoms with Crippen LogP contribution >= 0.6 is 0 Å². The Morgan fingerprint density at radius 2 is 2.07 bits per heavy atom. The first-order valence-corrected chi connectivity index (χ1v) is 4.59. The molecule has 71 valence electrons. The van der Waals surface area contributed by atoms with Gasteiger partial charge in [-0.15, -0.1) is 0 Å². The van der Waals surface area contributed by atoms with Gasteiger partial charge in [0.1, 0.15) is 6.26 Å². The lowest BCUT2D eigenvalue weighted by molar-refractivity contribution is 0.336. The minimum absolute atomic E-state index is 0.632. The summed E-state index contributed by atoms with van der Waals surface area (Å²) in [5.74, 6) is 0.749. The summed E-state index contributed by atoms with van der Waals surface area (Å²) in [4.78, 5) is 0. The highest BCUT2D eigenvalue weighted by atomic mass is 16.5. The van der Waals surface area contributed by atoms with Gasteiger partial charge in [-0.1, -0.05) is 30.3 Å². The third-order valence-corrected chi connectivity index (χ3v) is 1.94. The molecule has 2 heteroatoms. The average molecular weight is 187 g/mol. The summed E-state index contributed by atoms with van der Waals surface area (Å²) in [6.45, 7) is 2.58. The van der Waals surface area contributed by atoms with Crippen molar-refractivity contribution in [1.29, 1.82) is 0 Å². The molecule has 2 aromatic rings. The van der Waals surface area contributed by atoms with Gasteiger partial charge >= 0.3 is 0 Å². The largest absolute Gasteiger partial charge is 0.490 e. The van der Waals surface area contributed by atoms with Crippen LogP contribution in [0.3, 0.4) is 0 Å². The lowest BCUT2D eigenvalue weighted by atomic mass is 10.1. The minimum atomic E-state index is 0.632. The number of furan rings is 1. The summed E-state index contributed by atoms with van der Waals surface area (Å²) < 4.78 is 10.4. The van der Waals surface area contributed by atoms with Gasteiger partial charge in [0.25, 0.3) is 0 Å². The fraction of sp³-hybridized carbons (Fsp3) is 0.167. The average Bonchev–Trinajstić information content (AvgIpc) is 2.68. The Kier molecular flexibility index (Phi) is 2.54. The van der Waals surface area contributed by atoms with E-state index in [1.165, 1.54) is 0 Å². The van der Waals surface area contributed by atoms with Crippen molar-refractivity contribution >= 4 is 0 Å². The molecule has 1 aromatic heterocycles. The van der Waals surface area contributed by atoms with Crippen LogP contribution in [0.5, 0.6) is 5.75 Å². The van der Waals surface area contributed by atoms with Crippen molar-refractivity contribution in [3.63, 3.8) is 0 Å². The molecular formula is C12H11O2. The van der Waals surface area contributed by atoms with Crippen molar-refractivity contribution in [2.45, 2.75) is 6.92 Å². The fourth-order valence-electron chi connectivity index (χ4n) is 1.32. The van der Waals surface area contributed by atoms with Crippen molar-refractivity contribution in [3.05, 3.63) is 42.9 Å². The second-order valence-electron chi connectivity index (χ2n) is 2.88. The van der Waals surface area contributed by atoms with E-state index in [1.54, 1.807) is 6.26 Å². The van der Waals surface area contributed by atoms with Gasteiger partial charge in [0, 0.05) is 0 Å². The quantitative estimate of drug-likeness (QED) is 0.736. The number of ether oxygens (including phenoxy) is 1. The molecular weight excluding hydrogens is 176 g/mol. The zero-order valence-corrected chi connectivity index (χ0v) is 7.99. The van der Waals surface area contributed by atoms with Crippen LogP contribution in [0.2, 0.25) is 0 Å². The van der Waals surface area contributed by atoms with E-state index in [1.807, 2.05) is 37.3 Å². The van der Waals surface area contributed by atoms with Gasteiger partial charge in [-0.25, -0.2) is 0 Å². The molecule has 0 amide bonds. The summed E-state index contributed by atoms with van der Waals surface area (Å²) in [7, 11) is 0. The van der Waals surface area contributed by atoms with Gasteiger partial charge in [0.2, 0.25) is 0 Å². The molecule has 0 saturated carbocycles. The van der Waals surface area contributed by atoms with Gasteiger partial charge in [-0.05, 0) is 12.5 Å². The molecule has 0 N–H and O–H groups in total. The van der Waals surface area contributed by atoms with Gasteiger partial charge in [-0.3, -0.25) is 0 Å². The van der Waals surface area contributed by atoms with E-state index in [4.69, 9.17) is 9.15 Å². The van der Waals surface area contributed by atoms with E-state index >= 15 is 0 Å². The van der Waals surface area contributed by atoms with Crippen molar-refractivity contribution in [2.24, 2.45) is 0 Å². The van der Waals surface area contributed by atoms with Crippen LogP contribution < -0.4 is 4.74 Å². The summed E-state index contributed by atoms with van der Waals surface area (Å²) >= 11 is 0. The molecule has 0 bridgehead atoms. The third kappa shape index (κ3) is 1.64. The molecule has 0 spiro atoms. The molecule has 1 heterocycles. The van der Waals surface area contributed by atoms with E-state index in [0.717, 1.165) is 16.9 Å². The lowest BCUT2D eigenvalue weighted by Crippen LogP contribution is -1.90. The highest BCUT2D eigenvalue weighted by Crippen LogP contribution is 2.30. The molecule has 0 atom stereocenters. The Morgan fingerprint density at radius 3 is 2.79 bits per heavy atom. The molecule has 1 aromatic carbocycles. The van der Waals surface area contributed by atoms with Crippen LogP contribution in [0.4, 0.5) is 0 Å². The van der Waals surface area contributed by atoms with E-state index in [2.05, 4.69) is 6.26 Å². The molecule has 0 unspecified atom stereocenters. The van der Waals surface area contributed by atoms with Crippen LogP contribution in [-0.2, 0) is 0 Å². The molecule has 0 saturated heterocycles. The summed E-state index contributed by atoms with van der Waals surface area (Å²) in [6.07, 6.45) is 4.38. The zero-order valence-electron chi connectivity index (χ0n) is 7.99. The fourth-order valence-corrected chi connectivity index (χ4v) is 1.32. The Hall–Kier alpha value is -1.70. The number of benzene rings is 1. The Bertz CT molecular complexity index is 390. The molecule has 14 heavy (non-hydrogen) atoms. The normalized spacial score (nSPS) is 10.1. The van der Waals surface area contributed by atoms with Gasteiger partial charge in [0.15, 0.2) is 12.0 Å². The standard InChI is InChI=1S/C12H11O2/c1-2-14-12-9-13-8-11(12)10-6-4-3-5-7-10/h3-7,9H,2H2,1H3. The molecule has 0 aliphatic rings. The van der Waals surface area contributed by atoms with Crippen molar-refractivity contribution < 1.29 is 9.15 Å². The number of hydrogen-bond acceptors (Lipinski definition) is 2. The summed E-state index contributed by atoms with van der Waals surface area (Å²) in [5, 5.41) is 0. The minimum Gasteiger partial charge on any atom is -0.490 e. The highest BCUT2D eigenvalue weighted by molar-refractivity contribution is 5.68. The second kappa shape index (κ2) is 4.01. The molecule has 0 aliphatic carbocycles. The topological polar surface area (TPSA) is 22.4 Å². The molecule has 2 nitrogen and oxygen atoms in total. The Morgan fingerprint density at radius 1 is 1.29 bits per heavy atom. The second-order valence-corrected chi connectivity index (χ2v) is 2.88. The maximum Gasteiger partial charge on any atom is 0.181 e. The van der Waals surface area contributed by atoms with E-state index in [0.29, 0.717) is 6.61 Å². The predicted octanol–water partition coefficient (Wildman–Crippen LogP) is 3.15. The van der Waals surface area contributed by atoms with Gasteiger partial charge in [0.05, 0.1) is 12.2 Å². The summed E-state index contributed by atoms with van der Waals surface area (Å²) in [5.41, 5.74) is 1.94. The van der Waals surface area contributed by atoms with Gasteiger partial charge < -0.3 is 9.15 Å². The number of hydrogen-bond donors (Lipinski definition) is 0. The molecule has 0 aliphatic heterocycles. The monoisotopic (exact) mass is 187 g/mol. The molecule has 0 fully saturated rings. The Balaban J connectivity index is 2.37. The van der Waals surface area contributed by atoms with Crippen LogP contribution in [0.25, 0.3) is 11.1 Å². The van der Waals surface area contributed by atoms with E-state index in [-0.39, 0.29) is 0 Å². The maximum absolute atomic E-state index is 5.41. The van der Waals surface area contributed by atoms with E-state index < -0.39 is 0 Å². The molecule has 1 radical (unpaired) electrons. The zero-order chi connectivity index (χ0) is 9.80. The van der Waals surface area contributed by atoms with Crippen LogP contribution in [-0.4, -0.2) is 6.61 Å². The van der Waals surface area contributed by atoms with Crippen LogP contribution in [0.15, 0.2) is 41.0 Å². The first-order chi connectivity index (χ1) is 6.92. The maximum atomic E-state index is 5.41. The summed E-state index contributed by atoms with van der Waals surface area (Å²) in [6, 6.07) is 9.94. The van der Waals surface area contributed by atoms with Crippen LogP contribution in [0.1, 0.15) is 6.92 Å². The predicted molar refractivity (Wildman–Crippen MR) is 54.1 cm³/mol. The van der Waals surface area contributed by atoms with Gasteiger partial charge in [-0.2, -0.15) is 0 Å². The van der Waals surface area contributed by atoms with Crippen LogP contribution in [0, 0.1) is 6.26 Å². The van der Waals surface area contributed by atoms with Crippen molar-refractivity contribution in [3.8, 4) is 16.9 Å². The number of rotatable bonds is 3. The first kappa shape index (κ1) is 8.88. The van der Waals surface area contributed by atoms with Crippen molar-refractivity contribution in [2.75, 3.05) is 6.61 Å². The highest BCUT2D eigenvalue weighted by Gasteiger charge is 2.08. The Labute approximate surface area is 83.1 Å². The first-order valence-electron chi connectivity index (χ1n) is 4.59. The smallest absolute Gasteiger partial charge is 0.181 e. The lowest BCUT2D eigenvalue weighted by Gasteiger charge is -2.02. The molecule has 2 rings (SSSR count). The van der Waals surface area contributed by atoms with E-state index in [9.17, 15) is 0 Å². The SMILES string of the molecule is CCOc1co[c]c1-c1ccccc1.